The van der Waals surface area contributed by atoms with E-state index in [1.165, 1.54) is 0 Å². The summed E-state index contributed by atoms with van der Waals surface area (Å²) in [5.41, 5.74) is 3.98. The zero-order chi connectivity index (χ0) is 25.3. The fourth-order valence-electron chi connectivity index (χ4n) is 4.09. The van der Waals surface area contributed by atoms with Crippen LogP contribution in [-0.2, 0) is 27.9 Å². The number of benzene rings is 2. The van der Waals surface area contributed by atoms with E-state index in [1.54, 1.807) is 33.8 Å². The summed E-state index contributed by atoms with van der Waals surface area (Å²) in [6.07, 6.45) is -3.85. The summed E-state index contributed by atoms with van der Waals surface area (Å²) in [6.45, 7) is 9.51. The third kappa shape index (κ3) is 6.39. The number of anilines is 1. The maximum absolute atomic E-state index is 12.7. The average molecular weight is 499 g/mol. The van der Waals surface area contributed by atoms with Crippen LogP contribution in [0.25, 0.3) is 11.1 Å². The SMILES string of the molecule is Cc1cc(N[SH+]CC(F)(F)F)c(C)c(C(OC(C)(C)C)C(=O)O)c1-c1ccc2c(c1)CCCO2. The lowest BCUT2D eigenvalue weighted by atomic mass is 9.86. The number of ether oxygens (including phenoxy) is 2. The van der Waals surface area contributed by atoms with Crippen LogP contribution in [0.3, 0.4) is 0 Å². The van der Waals surface area contributed by atoms with Crippen LogP contribution in [0.2, 0.25) is 0 Å². The summed E-state index contributed by atoms with van der Waals surface area (Å²) in [4.78, 5) is 12.4. The molecule has 0 amide bonds. The molecule has 0 saturated heterocycles. The van der Waals surface area contributed by atoms with Crippen molar-refractivity contribution in [3.63, 3.8) is 0 Å². The summed E-state index contributed by atoms with van der Waals surface area (Å²) < 4.78 is 52.6. The number of fused-ring (bicyclic) bond motifs is 1. The maximum atomic E-state index is 12.7. The highest BCUT2D eigenvalue weighted by atomic mass is 32.2. The van der Waals surface area contributed by atoms with Gasteiger partial charge < -0.3 is 14.6 Å². The minimum Gasteiger partial charge on any atom is -0.493 e. The standard InChI is InChI=1S/C25H30F3NO4S/c1-14-11-18(29-34-13-25(26,27)28)15(2)21(22(23(30)31)33-24(3,4)5)20(14)17-8-9-19-16(12-17)7-6-10-32-19/h8-9,11-12,22,29H,6-7,10,13H2,1-5H3,(H,30,31)/p+1. The number of nitrogens with one attached hydrogen (secondary N) is 1. The molecule has 34 heavy (non-hydrogen) atoms. The van der Waals surface area contributed by atoms with Crippen molar-refractivity contribution < 1.29 is 32.5 Å². The summed E-state index contributed by atoms with van der Waals surface area (Å²) >= 11 is -0.0331. The van der Waals surface area contributed by atoms with Crippen LogP contribution in [0.1, 0.15) is 55.5 Å². The van der Waals surface area contributed by atoms with E-state index >= 15 is 0 Å². The molecule has 0 radical (unpaired) electrons. The first kappa shape index (κ1) is 26.2. The number of thiol groups is 1. The summed E-state index contributed by atoms with van der Waals surface area (Å²) in [5.74, 6) is -1.37. The Bertz CT molecular complexity index is 1060. The molecule has 1 heterocycles. The molecule has 0 bridgehead atoms. The molecule has 0 fully saturated rings. The Kier molecular flexibility index (Phi) is 7.77. The Labute approximate surface area is 202 Å². The summed E-state index contributed by atoms with van der Waals surface area (Å²) in [7, 11) is 0. The number of alkyl halides is 3. The molecule has 3 rings (SSSR count). The third-order valence-corrected chi connectivity index (χ3v) is 6.36. The van der Waals surface area contributed by atoms with Gasteiger partial charge in [-0.1, -0.05) is 6.07 Å². The van der Waals surface area contributed by atoms with Crippen molar-refractivity contribution in [3.8, 4) is 16.9 Å². The van der Waals surface area contributed by atoms with E-state index < -0.39 is 29.6 Å². The van der Waals surface area contributed by atoms with Gasteiger partial charge >= 0.3 is 12.1 Å². The van der Waals surface area contributed by atoms with Crippen LogP contribution in [0, 0.1) is 13.8 Å². The normalized spacial score (nSPS) is 14.8. The highest BCUT2D eigenvalue weighted by Gasteiger charge is 2.35. The fourth-order valence-corrected chi connectivity index (χ4v) is 4.75. The Hall–Kier alpha value is -2.39. The molecule has 0 aromatic heterocycles. The molecule has 9 heteroatoms. The number of aryl methyl sites for hydroxylation is 2. The molecule has 0 aliphatic carbocycles. The van der Waals surface area contributed by atoms with E-state index in [4.69, 9.17) is 9.47 Å². The topological polar surface area (TPSA) is 67.8 Å². The van der Waals surface area contributed by atoms with Crippen molar-refractivity contribution in [1.29, 1.82) is 0 Å². The molecule has 1 aliphatic heterocycles. The van der Waals surface area contributed by atoms with Gasteiger partial charge in [0.1, 0.15) is 5.75 Å². The molecule has 0 saturated carbocycles. The van der Waals surface area contributed by atoms with Crippen LogP contribution >= 0.6 is 0 Å². The van der Waals surface area contributed by atoms with E-state index in [0.29, 0.717) is 29.0 Å². The summed E-state index contributed by atoms with van der Waals surface area (Å²) in [5, 5.41) is 10.1. The molecular formula is C25H31F3NO4S+. The molecule has 2 aromatic rings. The average Bonchev–Trinajstić information content (AvgIpc) is 2.72. The zero-order valence-corrected chi connectivity index (χ0v) is 20.9. The molecule has 1 atom stereocenters. The van der Waals surface area contributed by atoms with Crippen molar-refractivity contribution in [2.45, 2.75) is 65.3 Å². The van der Waals surface area contributed by atoms with Gasteiger partial charge in [-0.05, 0) is 93.5 Å². The molecule has 2 N–H and O–H groups in total. The lowest BCUT2D eigenvalue weighted by molar-refractivity contribution is -0.160. The number of carbonyl (C=O) groups is 1. The van der Waals surface area contributed by atoms with Crippen LogP contribution < -0.4 is 9.46 Å². The number of carboxylic acids is 1. The molecule has 1 aliphatic rings. The van der Waals surface area contributed by atoms with Gasteiger partial charge in [0.25, 0.3) is 0 Å². The van der Waals surface area contributed by atoms with Gasteiger partial charge in [0.15, 0.2) is 6.10 Å². The highest BCUT2D eigenvalue weighted by molar-refractivity contribution is 7.79. The monoisotopic (exact) mass is 498 g/mol. The Morgan fingerprint density at radius 1 is 1.24 bits per heavy atom. The number of rotatable bonds is 7. The maximum Gasteiger partial charge on any atom is 0.435 e. The van der Waals surface area contributed by atoms with Crippen molar-refractivity contribution in [2.24, 2.45) is 0 Å². The first-order valence-corrected chi connectivity index (χ1v) is 12.1. The molecule has 0 spiro atoms. The number of carboxylic acid groups (broad SMARTS) is 1. The van der Waals surface area contributed by atoms with E-state index in [0.717, 1.165) is 35.3 Å². The van der Waals surface area contributed by atoms with Gasteiger partial charge in [-0.25, -0.2) is 9.52 Å². The molecule has 186 valence electrons. The third-order valence-electron chi connectivity index (χ3n) is 5.45. The first-order valence-electron chi connectivity index (χ1n) is 11.1. The quantitative estimate of drug-likeness (QED) is 0.365. The molecule has 2 aromatic carbocycles. The van der Waals surface area contributed by atoms with Gasteiger partial charge in [0.2, 0.25) is 5.75 Å². The van der Waals surface area contributed by atoms with Gasteiger partial charge in [0, 0.05) is 5.56 Å². The first-order chi connectivity index (χ1) is 15.8. The van der Waals surface area contributed by atoms with E-state index in [2.05, 4.69) is 4.72 Å². The molecular weight excluding hydrogens is 467 g/mol. The summed E-state index contributed by atoms with van der Waals surface area (Å²) in [6, 6.07) is 7.55. The number of aliphatic carboxylic acids is 1. The molecule has 5 nitrogen and oxygen atoms in total. The van der Waals surface area contributed by atoms with Crippen molar-refractivity contribution in [3.05, 3.63) is 46.5 Å². The predicted octanol–water partition coefficient (Wildman–Crippen LogP) is 5.94. The lowest BCUT2D eigenvalue weighted by Gasteiger charge is -2.29. The minimum absolute atomic E-state index is 0.0331. The number of hydrogen-bond donors (Lipinski definition) is 2. The van der Waals surface area contributed by atoms with Crippen LogP contribution in [-0.4, -0.2) is 35.2 Å². The zero-order valence-electron chi connectivity index (χ0n) is 20.0. The van der Waals surface area contributed by atoms with Crippen molar-refractivity contribution in [2.75, 3.05) is 17.1 Å². The number of halogens is 3. The van der Waals surface area contributed by atoms with Gasteiger partial charge in [0.05, 0.1) is 29.8 Å². The Balaban J connectivity index is 2.17. The van der Waals surface area contributed by atoms with Crippen LogP contribution in [0.5, 0.6) is 5.75 Å². The Morgan fingerprint density at radius 3 is 2.56 bits per heavy atom. The lowest BCUT2D eigenvalue weighted by Crippen LogP contribution is -2.28. The smallest absolute Gasteiger partial charge is 0.435 e. The highest BCUT2D eigenvalue weighted by Crippen LogP contribution is 2.42. The molecule has 1 unspecified atom stereocenters. The van der Waals surface area contributed by atoms with Gasteiger partial charge in [-0.15, -0.1) is 0 Å². The van der Waals surface area contributed by atoms with Gasteiger partial charge in [-0.2, -0.15) is 13.2 Å². The van der Waals surface area contributed by atoms with Crippen LogP contribution in [0.4, 0.5) is 18.9 Å². The predicted molar refractivity (Wildman–Crippen MR) is 130 cm³/mol. The van der Waals surface area contributed by atoms with Gasteiger partial charge in [-0.3, -0.25) is 0 Å². The van der Waals surface area contributed by atoms with E-state index in [9.17, 15) is 23.1 Å². The minimum atomic E-state index is -4.30. The van der Waals surface area contributed by atoms with Crippen molar-refractivity contribution >= 4 is 23.6 Å². The fraction of sp³-hybridized carbons (Fsp3) is 0.480. The second kappa shape index (κ2) is 10.1. The Morgan fingerprint density at radius 2 is 1.94 bits per heavy atom. The number of hydrogen-bond acceptors (Lipinski definition) is 4. The second-order valence-electron chi connectivity index (χ2n) is 9.42. The van der Waals surface area contributed by atoms with Crippen molar-refractivity contribution in [1.82, 2.24) is 0 Å². The largest absolute Gasteiger partial charge is 0.493 e. The van der Waals surface area contributed by atoms with E-state index in [-0.39, 0.29) is 11.9 Å². The van der Waals surface area contributed by atoms with Crippen LogP contribution in [0.15, 0.2) is 24.3 Å². The van der Waals surface area contributed by atoms with E-state index in [1.807, 2.05) is 25.1 Å². The second-order valence-corrected chi connectivity index (χ2v) is 10.3.